The Kier molecular flexibility index (Phi) is 4.82. The van der Waals surface area contributed by atoms with Crippen LogP contribution >= 0.6 is 0 Å². The van der Waals surface area contributed by atoms with Gasteiger partial charge in [0.1, 0.15) is 17.6 Å². The van der Waals surface area contributed by atoms with E-state index in [0.29, 0.717) is 16.7 Å². The van der Waals surface area contributed by atoms with Gasteiger partial charge in [0, 0.05) is 10.9 Å². The lowest BCUT2D eigenvalue weighted by atomic mass is 10.1. The monoisotopic (exact) mass is 390 g/mol. The summed E-state index contributed by atoms with van der Waals surface area (Å²) in [5.41, 5.74) is 6.79. The number of nitrogens with one attached hydrogen (secondary N) is 2. The number of hydrazine groups is 1. The van der Waals surface area contributed by atoms with Gasteiger partial charge in [-0.25, -0.2) is 4.98 Å². The molecular weight excluding hydrogens is 372 g/mol. The summed E-state index contributed by atoms with van der Waals surface area (Å²) in [5, 5.41) is 0.734. The van der Waals surface area contributed by atoms with Crippen LogP contribution in [0, 0.1) is 0 Å². The lowest BCUT2D eigenvalue weighted by molar-refractivity contribution is -0.122. The Labute approximate surface area is 165 Å². The number of benzene rings is 2. The second-order valence-electron chi connectivity index (χ2n) is 6.51. The third kappa shape index (κ3) is 3.60. The fourth-order valence-corrected chi connectivity index (χ4v) is 3.01. The van der Waals surface area contributed by atoms with Crippen molar-refractivity contribution in [3.63, 3.8) is 0 Å². The molecule has 0 atom stereocenters. The molecule has 29 heavy (non-hydrogen) atoms. The van der Waals surface area contributed by atoms with E-state index in [-0.39, 0.29) is 12.1 Å². The minimum atomic E-state index is -0.567. The number of fused-ring (bicyclic) bond motifs is 3. The molecule has 8 nitrogen and oxygen atoms in total. The summed E-state index contributed by atoms with van der Waals surface area (Å²) in [7, 11) is 0. The van der Waals surface area contributed by atoms with Crippen LogP contribution in [-0.4, -0.2) is 21.4 Å². The van der Waals surface area contributed by atoms with Crippen molar-refractivity contribution in [1.29, 1.82) is 0 Å². The molecule has 0 aliphatic rings. The first kappa shape index (κ1) is 18.4. The average Bonchev–Trinajstić information content (AvgIpc) is 3.13. The zero-order valence-electron chi connectivity index (χ0n) is 15.6. The number of rotatable bonds is 4. The van der Waals surface area contributed by atoms with Crippen molar-refractivity contribution >= 4 is 33.9 Å². The summed E-state index contributed by atoms with van der Waals surface area (Å²) in [5.74, 6) is -1.01. The van der Waals surface area contributed by atoms with E-state index in [4.69, 9.17) is 4.42 Å². The molecule has 0 aliphatic carbocycles. The van der Waals surface area contributed by atoms with Crippen LogP contribution < -0.4 is 16.4 Å². The van der Waals surface area contributed by atoms with Crippen molar-refractivity contribution < 1.29 is 14.0 Å². The van der Waals surface area contributed by atoms with Crippen LogP contribution in [0.3, 0.4) is 0 Å². The Hall–Kier alpha value is -3.94. The van der Waals surface area contributed by atoms with E-state index in [0.717, 1.165) is 21.9 Å². The molecule has 8 heteroatoms. The van der Waals surface area contributed by atoms with Gasteiger partial charge in [0.15, 0.2) is 0 Å². The maximum atomic E-state index is 12.6. The molecule has 2 aromatic heterocycles. The average molecular weight is 390 g/mol. The molecule has 2 aromatic carbocycles. The number of amides is 2. The van der Waals surface area contributed by atoms with Crippen LogP contribution in [-0.2, 0) is 17.8 Å². The van der Waals surface area contributed by atoms with Crippen molar-refractivity contribution in [2.45, 2.75) is 19.9 Å². The lowest BCUT2D eigenvalue weighted by Gasteiger charge is -2.09. The van der Waals surface area contributed by atoms with Crippen LogP contribution in [0.15, 0.2) is 64.1 Å². The number of furan rings is 1. The lowest BCUT2D eigenvalue weighted by Crippen LogP contribution is -2.44. The molecular formula is C21H18N4O4. The second kappa shape index (κ2) is 7.59. The van der Waals surface area contributed by atoms with Crippen LogP contribution in [0.4, 0.5) is 0 Å². The smallest absolute Gasteiger partial charge is 0.297 e. The number of carbonyl (C=O) groups is 2. The van der Waals surface area contributed by atoms with Crippen molar-refractivity contribution in [1.82, 2.24) is 20.4 Å². The molecule has 0 saturated carbocycles. The molecule has 146 valence electrons. The number of hydrogen-bond acceptors (Lipinski definition) is 5. The fourth-order valence-electron chi connectivity index (χ4n) is 3.01. The van der Waals surface area contributed by atoms with Gasteiger partial charge in [-0.3, -0.25) is 29.8 Å². The van der Waals surface area contributed by atoms with Crippen molar-refractivity contribution in [2.75, 3.05) is 0 Å². The number of hydrogen-bond donors (Lipinski definition) is 2. The van der Waals surface area contributed by atoms with E-state index in [1.807, 2.05) is 31.2 Å². The highest BCUT2D eigenvalue weighted by Gasteiger charge is 2.15. The van der Waals surface area contributed by atoms with Crippen LogP contribution in [0.2, 0.25) is 0 Å². The second-order valence-corrected chi connectivity index (χ2v) is 6.51. The topological polar surface area (TPSA) is 106 Å². The molecule has 0 bridgehead atoms. The van der Waals surface area contributed by atoms with Gasteiger partial charge in [0.25, 0.3) is 17.4 Å². The molecule has 0 radical (unpaired) electrons. The SMILES string of the molecule is CCc1ccc(C(=O)NNC(=O)Cn2cnc3c(oc4ccccc43)c2=O)cc1. The maximum Gasteiger partial charge on any atom is 0.297 e. The summed E-state index contributed by atoms with van der Waals surface area (Å²) in [6.07, 6.45) is 2.16. The van der Waals surface area contributed by atoms with E-state index in [1.165, 1.54) is 6.33 Å². The first-order chi connectivity index (χ1) is 14.1. The normalized spacial score (nSPS) is 10.9. The van der Waals surface area contributed by atoms with Crippen molar-refractivity contribution in [3.8, 4) is 0 Å². The van der Waals surface area contributed by atoms with Gasteiger partial charge in [-0.15, -0.1) is 0 Å². The Morgan fingerprint density at radius 2 is 1.83 bits per heavy atom. The van der Waals surface area contributed by atoms with Gasteiger partial charge in [0.2, 0.25) is 5.58 Å². The first-order valence-corrected chi connectivity index (χ1v) is 9.11. The molecule has 0 unspecified atom stereocenters. The maximum absolute atomic E-state index is 12.6. The molecule has 0 aliphatic heterocycles. The third-order valence-corrected chi connectivity index (χ3v) is 4.60. The molecule has 2 heterocycles. The molecule has 0 spiro atoms. The van der Waals surface area contributed by atoms with Crippen LogP contribution in [0.25, 0.3) is 22.1 Å². The molecule has 0 fully saturated rings. The van der Waals surface area contributed by atoms with Gasteiger partial charge in [-0.05, 0) is 36.2 Å². The Morgan fingerprint density at radius 1 is 1.07 bits per heavy atom. The number of para-hydroxylation sites is 1. The fraction of sp³-hybridized carbons (Fsp3) is 0.143. The third-order valence-electron chi connectivity index (χ3n) is 4.60. The number of aromatic nitrogens is 2. The molecule has 4 aromatic rings. The highest BCUT2D eigenvalue weighted by molar-refractivity contribution is 6.01. The summed E-state index contributed by atoms with van der Waals surface area (Å²) in [6, 6.07) is 14.3. The Balaban J connectivity index is 1.46. The standard InChI is InChI=1S/C21H18N4O4/c1-2-13-7-9-14(10-8-13)20(27)24-23-17(26)11-25-12-22-18-15-5-3-4-6-16(15)29-19(18)21(25)28/h3-10,12H,2,11H2,1H3,(H,23,26)(H,24,27). The highest BCUT2D eigenvalue weighted by Crippen LogP contribution is 2.23. The first-order valence-electron chi connectivity index (χ1n) is 9.11. The van der Waals surface area contributed by atoms with Crippen molar-refractivity contribution in [3.05, 3.63) is 76.3 Å². The zero-order valence-corrected chi connectivity index (χ0v) is 15.6. The Bertz CT molecular complexity index is 1270. The molecule has 2 amide bonds. The number of nitrogens with zero attached hydrogens (tertiary/aromatic N) is 2. The number of carbonyl (C=O) groups excluding carboxylic acids is 2. The minimum Gasteiger partial charge on any atom is -0.448 e. The summed E-state index contributed by atoms with van der Waals surface area (Å²) in [6.45, 7) is 1.71. The van der Waals surface area contributed by atoms with Crippen LogP contribution in [0.5, 0.6) is 0 Å². The van der Waals surface area contributed by atoms with Gasteiger partial charge < -0.3 is 4.42 Å². The molecule has 4 rings (SSSR count). The minimum absolute atomic E-state index is 0.0848. The van der Waals surface area contributed by atoms with Crippen molar-refractivity contribution in [2.24, 2.45) is 0 Å². The summed E-state index contributed by atoms with van der Waals surface area (Å²) < 4.78 is 6.71. The summed E-state index contributed by atoms with van der Waals surface area (Å²) in [4.78, 5) is 41.1. The Morgan fingerprint density at radius 3 is 2.59 bits per heavy atom. The predicted molar refractivity (Wildman–Crippen MR) is 107 cm³/mol. The number of aryl methyl sites for hydroxylation is 1. The van der Waals surface area contributed by atoms with Crippen LogP contribution in [0.1, 0.15) is 22.8 Å². The van der Waals surface area contributed by atoms with E-state index in [2.05, 4.69) is 15.8 Å². The molecule has 2 N–H and O–H groups in total. The van der Waals surface area contributed by atoms with E-state index in [9.17, 15) is 14.4 Å². The zero-order chi connectivity index (χ0) is 20.4. The van der Waals surface area contributed by atoms with Gasteiger partial charge >= 0.3 is 0 Å². The molecule has 0 saturated heterocycles. The predicted octanol–water partition coefficient (Wildman–Crippen LogP) is 2.17. The van der Waals surface area contributed by atoms with E-state index >= 15 is 0 Å². The van der Waals surface area contributed by atoms with E-state index < -0.39 is 17.4 Å². The quantitative estimate of drug-likeness (QED) is 0.520. The largest absolute Gasteiger partial charge is 0.448 e. The van der Waals surface area contributed by atoms with Gasteiger partial charge in [0.05, 0.1) is 6.33 Å². The van der Waals surface area contributed by atoms with Gasteiger partial charge in [-0.2, -0.15) is 0 Å². The van der Waals surface area contributed by atoms with E-state index in [1.54, 1.807) is 24.3 Å². The van der Waals surface area contributed by atoms with Gasteiger partial charge in [-0.1, -0.05) is 31.2 Å². The highest BCUT2D eigenvalue weighted by atomic mass is 16.3. The summed E-state index contributed by atoms with van der Waals surface area (Å²) >= 11 is 0.